The first-order valence-electron chi connectivity index (χ1n) is 7.93. The average Bonchev–Trinajstić information content (AvgIpc) is 3.38. The van der Waals surface area contributed by atoms with Gasteiger partial charge < -0.3 is 10.1 Å². The molecule has 136 valence electrons. The van der Waals surface area contributed by atoms with Crippen LogP contribution >= 0.6 is 0 Å². The predicted octanol–water partition coefficient (Wildman–Crippen LogP) is 0.620. The van der Waals surface area contributed by atoms with Crippen molar-refractivity contribution in [3.63, 3.8) is 0 Å². The fraction of sp³-hybridized carbons (Fsp3) is 0.533. The second-order valence-electron chi connectivity index (χ2n) is 6.18. The molecule has 1 aromatic carbocycles. The van der Waals surface area contributed by atoms with Crippen LogP contribution in [0.1, 0.15) is 12.0 Å². The number of aryl methyl sites for hydroxylation is 1. The Hall–Kier alpha value is -2.04. The zero-order valence-corrected chi connectivity index (χ0v) is 14.5. The molecular formula is C15H19N3O6S. The van der Waals surface area contributed by atoms with Gasteiger partial charge >= 0.3 is 0 Å². The van der Waals surface area contributed by atoms with Gasteiger partial charge in [-0.1, -0.05) is 6.07 Å². The first kappa shape index (κ1) is 17.8. The van der Waals surface area contributed by atoms with E-state index in [2.05, 4.69) is 5.32 Å². The number of carbonyl (C=O) groups excluding carboxylic acids is 1. The maximum Gasteiger partial charge on any atom is 0.243 e. The molecule has 1 aromatic rings. The fourth-order valence-corrected chi connectivity index (χ4v) is 4.19. The van der Waals surface area contributed by atoms with Crippen molar-refractivity contribution >= 4 is 21.6 Å². The van der Waals surface area contributed by atoms with Gasteiger partial charge in [-0.3, -0.25) is 14.9 Å². The van der Waals surface area contributed by atoms with Crippen LogP contribution in [0.5, 0.6) is 0 Å². The van der Waals surface area contributed by atoms with Crippen molar-refractivity contribution in [3.05, 3.63) is 33.9 Å². The van der Waals surface area contributed by atoms with E-state index in [1.54, 1.807) is 13.0 Å². The summed E-state index contributed by atoms with van der Waals surface area (Å²) in [5.41, 5.74) is 1.04. The van der Waals surface area contributed by atoms with Gasteiger partial charge in [-0.15, -0.1) is 0 Å². The molecule has 25 heavy (non-hydrogen) atoms. The molecule has 0 radical (unpaired) electrons. The lowest BCUT2D eigenvalue weighted by atomic mass is 10.2. The fourth-order valence-electron chi connectivity index (χ4n) is 2.75. The van der Waals surface area contributed by atoms with E-state index in [1.165, 1.54) is 16.4 Å². The van der Waals surface area contributed by atoms with Crippen molar-refractivity contribution in [3.8, 4) is 0 Å². The van der Waals surface area contributed by atoms with Crippen LogP contribution in [0.15, 0.2) is 23.1 Å². The minimum atomic E-state index is -3.67. The van der Waals surface area contributed by atoms with Gasteiger partial charge in [0.1, 0.15) is 5.92 Å². The summed E-state index contributed by atoms with van der Waals surface area (Å²) in [5, 5.41) is 13.3. The number of hydrogen-bond acceptors (Lipinski definition) is 6. The summed E-state index contributed by atoms with van der Waals surface area (Å²) in [4.78, 5) is 22.4. The highest BCUT2D eigenvalue weighted by molar-refractivity contribution is 7.89. The molecule has 2 fully saturated rings. The molecule has 9 nitrogen and oxygen atoms in total. The summed E-state index contributed by atoms with van der Waals surface area (Å²) in [6.45, 7) is 2.99. The lowest BCUT2D eigenvalue weighted by Gasteiger charge is -2.26. The minimum absolute atomic E-state index is 0.0805. The van der Waals surface area contributed by atoms with E-state index in [9.17, 15) is 23.3 Å². The van der Waals surface area contributed by atoms with E-state index in [-0.39, 0.29) is 24.4 Å². The number of anilines is 1. The Bertz CT molecular complexity index is 803. The second kappa shape index (κ2) is 6.70. The molecule has 2 aliphatic rings. The first-order chi connectivity index (χ1) is 11.8. The van der Waals surface area contributed by atoms with Crippen LogP contribution < -0.4 is 5.32 Å². The predicted molar refractivity (Wildman–Crippen MR) is 88.3 cm³/mol. The second-order valence-corrected chi connectivity index (χ2v) is 8.12. The van der Waals surface area contributed by atoms with Crippen LogP contribution in [-0.2, 0) is 19.6 Å². The average molecular weight is 369 g/mol. The number of sulfonamides is 1. The number of benzene rings is 1. The Morgan fingerprint density at radius 1 is 1.36 bits per heavy atom. The summed E-state index contributed by atoms with van der Waals surface area (Å²) >= 11 is 0. The van der Waals surface area contributed by atoms with E-state index in [4.69, 9.17) is 4.74 Å². The van der Waals surface area contributed by atoms with E-state index in [0.717, 1.165) is 0 Å². The number of amides is 1. The van der Waals surface area contributed by atoms with E-state index >= 15 is 0 Å². The Morgan fingerprint density at radius 2 is 2.04 bits per heavy atom. The maximum atomic E-state index is 12.7. The molecule has 1 aliphatic heterocycles. The molecule has 0 aromatic heterocycles. The molecular weight excluding hydrogens is 350 g/mol. The van der Waals surface area contributed by atoms with Crippen molar-refractivity contribution in [2.75, 3.05) is 31.6 Å². The highest BCUT2D eigenvalue weighted by Crippen LogP contribution is 2.34. The van der Waals surface area contributed by atoms with Gasteiger partial charge in [0.2, 0.25) is 22.0 Å². The monoisotopic (exact) mass is 369 g/mol. The van der Waals surface area contributed by atoms with Gasteiger partial charge in [0.15, 0.2) is 0 Å². The van der Waals surface area contributed by atoms with E-state index in [0.29, 0.717) is 24.5 Å². The number of carbonyl (C=O) groups is 1. The van der Waals surface area contributed by atoms with Gasteiger partial charge in [-0.05, 0) is 24.6 Å². The largest absolute Gasteiger partial charge is 0.379 e. The van der Waals surface area contributed by atoms with Gasteiger partial charge in [0, 0.05) is 30.1 Å². The Morgan fingerprint density at radius 3 is 2.64 bits per heavy atom. The Balaban J connectivity index is 1.78. The van der Waals surface area contributed by atoms with Crippen molar-refractivity contribution in [2.24, 2.45) is 5.92 Å². The van der Waals surface area contributed by atoms with Crippen molar-refractivity contribution < 1.29 is 22.9 Å². The number of ether oxygens (including phenoxy) is 1. The quantitative estimate of drug-likeness (QED) is 0.600. The standard InChI is InChI=1S/C15H19N3O6S/c1-10-2-3-11(25(22,23)17-4-6-24-7-5-17)8-13(10)16-15(19)12-9-14(12)18(20)21/h2-3,8,12,14H,4-7,9H2,1H3,(H,16,19). The van der Waals surface area contributed by atoms with Gasteiger partial charge in [-0.2, -0.15) is 4.31 Å². The van der Waals surface area contributed by atoms with Crippen LogP contribution in [0.3, 0.4) is 0 Å². The summed E-state index contributed by atoms with van der Waals surface area (Å²) in [7, 11) is -3.67. The zero-order chi connectivity index (χ0) is 18.2. The molecule has 1 saturated carbocycles. The summed E-state index contributed by atoms with van der Waals surface area (Å²) < 4.78 is 31.9. The Kier molecular flexibility index (Phi) is 4.76. The normalized spacial score (nSPS) is 23.9. The summed E-state index contributed by atoms with van der Waals surface area (Å²) in [6.07, 6.45) is 0.212. The molecule has 2 atom stereocenters. The van der Waals surface area contributed by atoms with Crippen molar-refractivity contribution in [1.82, 2.24) is 4.31 Å². The maximum absolute atomic E-state index is 12.7. The van der Waals surface area contributed by atoms with Gasteiger partial charge in [0.25, 0.3) is 0 Å². The number of nitrogens with one attached hydrogen (secondary N) is 1. The van der Waals surface area contributed by atoms with Crippen LogP contribution in [0, 0.1) is 23.0 Å². The SMILES string of the molecule is Cc1ccc(S(=O)(=O)N2CCOCC2)cc1NC(=O)C1CC1[N+](=O)[O-]. The topological polar surface area (TPSA) is 119 Å². The molecule has 3 rings (SSSR count). The smallest absolute Gasteiger partial charge is 0.243 e. The molecule has 0 spiro atoms. The third-order valence-electron chi connectivity index (χ3n) is 4.44. The van der Waals surface area contributed by atoms with Crippen LogP contribution in [0.25, 0.3) is 0 Å². The van der Waals surface area contributed by atoms with E-state index in [1.807, 2.05) is 0 Å². The zero-order valence-electron chi connectivity index (χ0n) is 13.7. The number of hydrogen-bond donors (Lipinski definition) is 1. The van der Waals surface area contributed by atoms with Crippen LogP contribution in [-0.4, -0.2) is 55.9 Å². The first-order valence-corrected chi connectivity index (χ1v) is 9.37. The minimum Gasteiger partial charge on any atom is -0.379 e. The number of morpholine rings is 1. The van der Waals surface area contributed by atoms with Crippen molar-refractivity contribution in [1.29, 1.82) is 0 Å². The van der Waals surface area contributed by atoms with E-state index < -0.39 is 32.8 Å². The van der Waals surface area contributed by atoms with Crippen LogP contribution in [0.2, 0.25) is 0 Å². The van der Waals surface area contributed by atoms with Gasteiger partial charge in [-0.25, -0.2) is 8.42 Å². The number of nitro groups is 1. The summed E-state index contributed by atoms with van der Waals surface area (Å²) in [6, 6.07) is 3.66. The molecule has 1 aliphatic carbocycles. The van der Waals surface area contributed by atoms with Gasteiger partial charge in [0.05, 0.1) is 18.1 Å². The highest BCUT2D eigenvalue weighted by Gasteiger charge is 2.53. The lowest BCUT2D eigenvalue weighted by molar-refractivity contribution is -0.497. The Labute approximate surface area is 145 Å². The molecule has 1 N–H and O–H groups in total. The molecule has 2 unspecified atom stereocenters. The molecule has 1 heterocycles. The van der Waals surface area contributed by atoms with Crippen molar-refractivity contribution in [2.45, 2.75) is 24.3 Å². The highest BCUT2D eigenvalue weighted by atomic mass is 32.2. The number of rotatable bonds is 5. The third-order valence-corrected chi connectivity index (χ3v) is 6.33. The molecule has 10 heteroatoms. The third kappa shape index (κ3) is 3.65. The number of nitrogens with zero attached hydrogens (tertiary/aromatic N) is 2. The molecule has 1 amide bonds. The molecule has 1 saturated heterocycles. The summed E-state index contributed by atoms with van der Waals surface area (Å²) in [5.74, 6) is -1.11. The lowest BCUT2D eigenvalue weighted by Crippen LogP contribution is -2.40. The molecule has 0 bridgehead atoms. The van der Waals surface area contributed by atoms with Crippen LogP contribution in [0.4, 0.5) is 5.69 Å².